The molecule has 1 aliphatic carbocycles. The van der Waals surface area contributed by atoms with Crippen molar-refractivity contribution in [3.05, 3.63) is 17.0 Å². The standard InChI is InChI=1S/C12H18N2O2/c1-2-3-8-14-10-7-5-4-6-9(10)11(13-14)12(15)16/h2-8H2,1H3,(H,15,16). The molecule has 0 radical (unpaired) electrons. The highest BCUT2D eigenvalue weighted by molar-refractivity contribution is 5.87. The molecule has 0 saturated heterocycles. The molecule has 0 unspecified atom stereocenters. The molecule has 16 heavy (non-hydrogen) atoms. The van der Waals surface area contributed by atoms with Gasteiger partial charge in [-0.1, -0.05) is 13.3 Å². The molecule has 1 heterocycles. The number of aryl methyl sites for hydroxylation is 1. The first-order chi connectivity index (χ1) is 7.74. The smallest absolute Gasteiger partial charge is 0.356 e. The highest BCUT2D eigenvalue weighted by atomic mass is 16.4. The van der Waals surface area contributed by atoms with Crippen molar-refractivity contribution < 1.29 is 9.90 Å². The number of nitrogens with zero attached hydrogens (tertiary/aromatic N) is 2. The average molecular weight is 222 g/mol. The molecular weight excluding hydrogens is 204 g/mol. The van der Waals surface area contributed by atoms with E-state index < -0.39 is 5.97 Å². The van der Waals surface area contributed by atoms with Gasteiger partial charge in [-0.2, -0.15) is 5.10 Å². The second kappa shape index (κ2) is 4.68. The Morgan fingerprint density at radius 1 is 1.44 bits per heavy atom. The summed E-state index contributed by atoms with van der Waals surface area (Å²) in [6.45, 7) is 2.99. The van der Waals surface area contributed by atoms with Gasteiger partial charge >= 0.3 is 5.97 Å². The first-order valence-corrected chi connectivity index (χ1v) is 6.06. The third kappa shape index (κ3) is 1.96. The number of aromatic carboxylic acids is 1. The number of hydrogen-bond donors (Lipinski definition) is 1. The molecule has 1 aromatic heterocycles. The highest BCUT2D eigenvalue weighted by Gasteiger charge is 2.23. The van der Waals surface area contributed by atoms with Crippen LogP contribution in [0.15, 0.2) is 0 Å². The number of carboxylic acid groups (broad SMARTS) is 1. The Kier molecular flexibility index (Phi) is 3.27. The topological polar surface area (TPSA) is 55.1 Å². The summed E-state index contributed by atoms with van der Waals surface area (Å²) in [6.07, 6.45) is 6.28. The predicted octanol–water partition coefficient (Wildman–Crippen LogP) is 2.26. The van der Waals surface area contributed by atoms with Gasteiger partial charge in [-0.25, -0.2) is 4.79 Å². The molecule has 0 amide bonds. The Balaban J connectivity index is 2.34. The average Bonchev–Trinajstić information content (AvgIpc) is 2.65. The Bertz CT molecular complexity index is 396. The van der Waals surface area contributed by atoms with Gasteiger partial charge in [-0.3, -0.25) is 4.68 Å². The van der Waals surface area contributed by atoms with Crippen LogP contribution in [-0.4, -0.2) is 20.9 Å². The maximum absolute atomic E-state index is 11.1. The molecule has 1 aliphatic rings. The van der Waals surface area contributed by atoms with Crippen molar-refractivity contribution in [1.82, 2.24) is 9.78 Å². The van der Waals surface area contributed by atoms with Crippen molar-refractivity contribution in [2.45, 2.75) is 52.0 Å². The van der Waals surface area contributed by atoms with Gasteiger partial charge in [0, 0.05) is 17.8 Å². The molecule has 2 rings (SSSR count). The van der Waals surface area contributed by atoms with Crippen molar-refractivity contribution in [1.29, 1.82) is 0 Å². The minimum atomic E-state index is -0.881. The van der Waals surface area contributed by atoms with E-state index >= 15 is 0 Å². The van der Waals surface area contributed by atoms with Crippen LogP contribution < -0.4 is 0 Å². The molecule has 0 bridgehead atoms. The van der Waals surface area contributed by atoms with Crippen LogP contribution in [0.25, 0.3) is 0 Å². The van der Waals surface area contributed by atoms with E-state index in [2.05, 4.69) is 12.0 Å². The summed E-state index contributed by atoms with van der Waals surface area (Å²) in [5, 5.41) is 13.3. The van der Waals surface area contributed by atoms with Gasteiger partial charge in [0.15, 0.2) is 5.69 Å². The van der Waals surface area contributed by atoms with E-state index in [0.29, 0.717) is 0 Å². The molecule has 0 saturated carbocycles. The maximum atomic E-state index is 11.1. The second-order valence-electron chi connectivity index (χ2n) is 4.36. The first-order valence-electron chi connectivity index (χ1n) is 6.06. The third-order valence-electron chi connectivity index (χ3n) is 3.18. The van der Waals surface area contributed by atoms with Crippen LogP contribution in [0.3, 0.4) is 0 Å². The minimum absolute atomic E-state index is 0.283. The summed E-state index contributed by atoms with van der Waals surface area (Å²) in [6, 6.07) is 0. The zero-order valence-electron chi connectivity index (χ0n) is 9.70. The SMILES string of the molecule is CCCCn1nc(C(=O)O)c2c1CCCC2. The quantitative estimate of drug-likeness (QED) is 0.850. The Labute approximate surface area is 95.3 Å². The highest BCUT2D eigenvalue weighted by Crippen LogP contribution is 2.24. The van der Waals surface area contributed by atoms with E-state index in [9.17, 15) is 4.79 Å². The summed E-state index contributed by atoms with van der Waals surface area (Å²) in [5.74, 6) is -0.881. The zero-order valence-corrected chi connectivity index (χ0v) is 9.70. The molecule has 88 valence electrons. The Morgan fingerprint density at radius 2 is 2.19 bits per heavy atom. The van der Waals surface area contributed by atoms with E-state index in [0.717, 1.165) is 56.3 Å². The molecule has 0 spiro atoms. The van der Waals surface area contributed by atoms with Gasteiger partial charge < -0.3 is 5.11 Å². The molecule has 0 fully saturated rings. The van der Waals surface area contributed by atoms with E-state index in [1.807, 2.05) is 4.68 Å². The number of unbranched alkanes of at least 4 members (excludes halogenated alkanes) is 1. The van der Waals surface area contributed by atoms with Crippen molar-refractivity contribution in [3.63, 3.8) is 0 Å². The zero-order chi connectivity index (χ0) is 11.5. The Hall–Kier alpha value is -1.32. The summed E-state index contributed by atoms with van der Waals surface area (Å²) in [4.78, 5) is 11.1. The third-order valence-corrected chi connectivity index (χ3v) is 3.18. The van der Waals surface area contributed by atoms with Gasteiger partial charge in [-0.15, -0.1) is 0 Å². The lowest BCUT2D eigenvalue weighted by atomic mass is 9.95. The largest absolute Gasteiger partial charge is 0.476 e. The van der Waals surface area contributed by atoms with E-state index in [-0.39, 0.29) is 5.69 Å². The lowest BCUT2D eigenvalue weighted by Crippen LogP contribution is -2.09. The summed E-state index contributed by atoms with van der Waals surface area (Å²) < 4.78 is 1.92. The summed E-state index contributed by atoms with van der Waals surface area (Å²) in [5.41, 5.74) is 2.43. The van der Waals surface area contributed by atoms with E-state index in [4.69, 9.17) is 5.11 Å². The van der Waals surface area contributed by atoms with Gasteiger partial charge in [0.05, 0.1) is 0 Å². The molecule has 4 heteroatoms. The van der Waals surface area contributed by atoms with Crippen LogP contribution in [0.2, 0.25) is 0 Å². The number of aromatic nitrogens is 2. The van der Waals surface area contributed by atoms with Crippen molar-refractivity contribution in [2.24, 2.45) is 0 Å². The van der Waals surface area contributed by atoms with Crippen molar-refractivity contribution in [2.75, 3.05) is 0 Å². The van der Waals surface area contributed by atoms with Gasteiger partial charge in [-0.05, 0) is 32.1 Å². The molecular formula is C12H18N2O2. The predicted molar refractivity (Wildman–Crippen MR) is 60.7 cm³/mol. The van der Waals surface area contributed by atoms with Gasteiger partial charge in [0.2, 0.25) is 0 Å². The van der Waals surface area contributed by atoms with Crippen molar-refractivity contribution in [3.8, 4) is 0 Å². The van der Waals surface area contributed by atoms with Crippen molar-refractivity contribution >= 4 is 5.97 Å². The Morgan fingerprint density at radius 3 is 2.88 bits per heavy atom. The molecule has 0 aliphatic heterocycles. The molecule has 0 atom stereocenters. The normalized spacial score (nSPS) is 14.8. The van der Waals surface area contributed by atoms with Crippen LogP contribution >= 0.6 is 0 Å². The van der Waals surface area contributed by atoms with E-state index in [1.165, 1.54) is 0 Å². The molecule has 1 N–H and O–H groups in total. The fraction of sp³-hybridized carbons (Fsp3) is 0.667. The molecule has 1 aromatic rings. The lowest BCUT2D eigenvalue weighted by Gasteiger charge is -2.13. The van der Waals surface area contributed by atoms with Crippen LogP contribution in [-0.2, 0) is 19.4 Å². The maximum Gasteiger partial charge on any atom is 0.356 e. The van der Waals surface area contributed by atoms with Crippen LogP contribution in [0.4, 0.5) is 0 Å². The fourth-order valence-electron chi connectivity index (χ4n) is 2.34. The summed E-state index contributed by atoms with van der Waals surface area (Å²) in [7, 11) is 0. The molecule has 0 aromatic carbocycles. The second-order valence-corrected chi connectivity index (χ2v) is 4.36. The van der Waals surface area contributed by atoms with Crippen LogP contribution in [0.5, 0.6) is 0 Å². The number of hydrogen-bond acceptors (Lipinski definition) is 2. The lowest BCUT2D eigenvalue weighted by molar-refractivity contribution is 0.0688. The van der Waals surface area contributed by atoms with Crippen LogP contribution in [0, 0.1) is 0 Å². The molecule has 4 nitrogen and oxygen atoms in total. The van der Waals surface area contributed by atoms with Gasteiger partial charge in [0.25, 0.3) is 0 Å². The monoisotopic (exact) mass is 222 g/mol. The van der Waals surface area contributed by atoms with E-state index in [1.54, 1.807) is 0 Å². The number of carboxylic acids is 1. The first kappa shape index (κ1) is 11.2. The summed E-state index contributed by atoms with van der Waals surface area (Å²) >= 11 is 0. The number of rotatable bonds is 4. The fourth-order valence-corrected chi connectivity index (χ4v) is 2.34. The minimum Gasteiger partial charge on any atom is -0.476 e. The number of fused-ring (bicyclic) bond motifs is 1. The van der Waals surface area contributed by atoms with Crippen LogP contribution in [0.1, 0.15) is 54.4 Å². The number of carbonyl (C=O) groups is 1. The van der Waals surface area contributed by atoms with Gasteiger partial charge in [0.1, 0.15) is 0 Å².